The topological polar surface area (TPSA) is 73.2 Å². The van der Waals surface area contributed by atoms with Crippen molar-refractivity contribution in [2.75, 3.05) is 27.2 Å². The van der Waals surface area contributed by atoms with Gasteiger partial charge in [0, 0.05) is 20.2 Å². The number of methoxy groups -OCH3 is 1. The first-order valence-corrected chi connectivity index (χ1v) is 4.31. The minimum absolute atomic E-state index is 0.345. The molecule has 1 aliphatic rings. The number of aliphatic hydroxyl groups excluding tert-OH is 3. The maximum Gasteiger partial charge on any atom is 0.110 e. The highest BCUT2D eigenvalue weighted by atomic mass is 16.5. The fraction of sp³-hybridized carbons (Fsp3) is 1.00. The van der Waals surface area contributed by atoms with Gasteiger partial charge in [-0.25, -0.2) is 0 Å². The Morgan fingerprint density at radius 1 is 1.15 bits per heavy atom. The zero-order valence-electron chi connectivity index (χ0n) is 7.92. The molecule has 13 heavy (non-hydrogen) atoms. The van der Waals surface area contributed by atoms with Gasteiger partial charge in [0.15, 0.2) is 0 Å². The number of hydrogen-bond acceptors (Lipinski definition) is 5. The second-order valence-corrected chi connectivity index (χ2v) is 3.54. The van der Waals surface area contributed by atoms with Crippen LogP contribution in [0, 0.1) is 0 Å². The minimum atomic E-state index is -1.13. The molecule has 1 fully saturated rings. The largest absolute Gasteiger partial charge is 0.389 e. The average Bonchev–Trinajstić information content (AvgIpc) is 2.18. The van der Waals surface area contributed by atoms with E-state index in [2.05, 4.69) is 0 Å². The first kappa shape index (κ1) is 10.9. The van der Waals surface area contributed by atoms with Gasteiger partial charge in [0.1, 0.15) is 12.2 Å². The van der Waals surface area contributed by atoms with Crippen molar-refractivity contribution in [3.63, 3.8) is 0 Å². The van der Waals surface area contributed by atoms with Gasteiger partial charge in [0.05, 0.1) is 12.2 Å². The molecule has 5 nitrogen and oxygen atoms in total. The molecule has 0 unspecified atom stereocenters. The van der Waals surface area contributed by atoms with E-state index >= 15 is 0 Å². The summed E-state index contributed by atoms with van der Waals surface area (Å²) in [7, 11) is 3.28. The van der Waals surface area contributed by atoms with Gasteiger partial charge < -0.3 is 25.0 Å². The van der Waals surface area contributed by atoms with Gasteiger partial charge in [0.25, 0.3) is 0 Å². The van der Waals surface area contributed by atoms with Crippen molar-refractivity contribution in [1.82, 2.24) is 4.90 Å². The lowest BCUT2D eigenvalue weighted by molar-refractivity contribution is -0.0993. The fourth-order valence-electron chi connectivity index (χ4n) is 1.58. The van der Waals surface area contributed by atoms with E-state index < -0.39 is 24.4 Å². The van der Waals surface area contributed by atoms with Crippen molar-refractivity contribution in [3.8, 4) is 0 Å². The molecule has 0 aromatic carbocycles. The molecule has 0 spiro atoms. The minimum Gasteiger partial charge on any atom is -0.389 e. The van der Waals surface area contributed by atoms with Crippen LogP contribution in [0.2, 0.25) is 0 Å². The highest BCUT2D eigenvalue weighted by Crippen LogP contribution is 2.13. The van der Waals surface area contributed by atoms with Crippen LogP contribution < -0.4 is 0 Å². The molecular weight excluding hydrogens is 174 g/mol. The highest BCUT2D eigenvalue weighted by molar-refractivity contribution is 4.88. The lowest BCUT2D eigenvalue weighted by Crippen LogP contribution is -2.44. The van der Waals surface area contributed by atoms with Crippen molar-refractivity contribution in [1.29, 1.82) is 0 Å². The molecule has 5 heteroatoms. The van der Waals surface area contributed by atoms with E-state index in [1.54, 1.807) is 7.05 Å². The van der Waals surface area contributed by atoms with Crippen molar-refractivity contribution < 1.29 is 20.1 Å². The molecule has 0 radical (unpaired) electrons. The average molecular weight is 191 g/mol. The second-order valence-electron chi connectivity index (χ2n) is 3.54. The Morgan fingerprint density at radius 2 is 1.77 bits per heavy atom. The van der Waals surface area contributed by atoms with Gasteiger partial charge in [-0.15, -0.1) is 0 Å². The van der Waals surface area contributed by atoms with E-state index in [1.165, 1.54) is 7.11 Å². The number of rotatable bonds is 1. The Bertz CT molecular complexity index is 166. The second kappa shape index (κ2) is 4.34. The predicted octanol–water partition coefficient (Wildman–Crippen LogP) is -1.97. The first-order valence-electron chi connectivity index (χ1n) is 4.31. The van der Waals surface area contributed by atoms with Crippen LogP contribution in [0.25, 0.3) is 0 Å². The van der Waals surface area contributed by atoms with Crippen LogP contribution >= 0.6 is 0 Å². The van der Waals surface area contributed by atoms with E-state index in [0.717, 1.165) is 0 Å². The van der Waals surface area contributed by atoms with Gasteiger partial charge in [-0.1, -0.05) is 0 Å². The summed E-state index contributed by atoms with van der Waals surface area (Å²) < 4.78 is 5.01. The highest BCUT2D eigenvalue weighted by Gasteiger charge is 2.35. The smallest absolute Gasteiger partial charge is 0.110 e. The number of aliphatic hydroxyl groups is 3. The van der Waals surface area contributed by atoms with Crippen molar-refractivity contribution in [2.24, 2.45) is 0 Å². The van der Waals surface area contributed by atoms with Crippen LogP contribution in [0.3, 0.4) is 0 Å². The molecule has 78 valence electrons. The summed E-state index contributed by atoms with van der Waals surface area (Å²) in [6, 6.07) is 0. The number of β-amino-alcohol motifs (C(OH)–C–C–N with tert-alkyl or cyclic N) is 1. The van der Waals surface area contributed by atoms with Crippen LogP contribution in [0.4, 0.5) is 0 Å². The maximum absolute atomic E-state index is 9.54. The standard InChI is InChI=1S/C8H17NO4/c1-9-3-5(10)7(11)8(12)6(4-9)13-2/h5-8,10-12H,3-4H2,1-2H3/t5-,6+,7+,8-/m1/s1. The van der Waals surface area contributed by atoms with Crippen LogP contribution in [0.15, 0.2) is 0 Å². The van der Waals surface area contributed by atoms with Gasteiger partial charge >= 0.3 is 0 Å². The van der Waals surface area contributed by atoms with Gasteiger partial charge in [-0.3, -0.25) is 0 Å². The molecule has 3 N–H and O–H groups in total. The molecular formula is C8H17NO4. The number of likely N-dealkylation sites (tertiary alicyclic amines) is 1. The Kier molecular flexibility index (Phi) is 3.63. The molecule has 0 amide bonds. The molecule has 1 saturated heterocycles. The van der Waals surface area contributed by atoms with Crippen molar-refractivity contribution in [3.05, 3.63) is 0 Å². The fourth-order valence-corrected chi connectivity index (χ4v) is 1.58. The Morgan fingerprint density at radius 3 is 2.31 bits per heavy atom. The summed E-state index contributed by atoms with van der Waals surface area (Å²) in [5.41, 5.74) is 0. The molecule has 0 saturated carbocycles. The summed E-state index contributed by atoms with van der Waals surface area (Å²) in [6.07, 6.45) is -3.52. The quantitative estimate of drug-likeness (QED) is 0.448. The number of likely N-dealkylation sites (N-methyl/N-ethyl adjacent to an activating group) is 1. The summed E-state index contributed by atoms with van der Waals surface area (Å²) in [5, 5.41) is 28.4. The third kappa shape index (κ3) is 2.38. The lowest BCUT2D eigenvalue weighted by Gasteiger charge is -2.23. The SMILES string of the molecule is CO[C@H]1CN(C)C[C@@H](O)[C@H](O)[C@@H]1O. The van der Waals surface area contributed by atoms with Crippen LogP contribution in [0.5, 0.6) is 0 Å². The monoisotopic (exact) mass is 191 g/mol. The van der Waals surface area contributed by atoms with Crippen LogP contribution in [0.1, 0.15) is 0 Å². The number of ether oxygens (including phenoxy) is 1. The number of nitrogens with zero attached hydrogens (tertiary/aromatic N) is 1. The first-order chi connectivity index (χ1) is 6.06. The maximum atomic E-state index is 9.54. The lowest BCUT2D eigenvalue weighted by atomic mass is 10.1. The summed E-state index contributed by atoms with van der Waals surface area (Å²) in [4.78, 5) is 1.82. The molecule has 0 aromatic heterocycles. The van der Waals surface area contributed by atoms with Crippen molar-refractivity contribution in [2.45, 2.75) is 24.4 Å². The summed E-state index contributed by atoms with van der Waals surface area (Å²) >= 11 is 0. The van der Waals surface area contributed by atoms with E-state index in [4.69, 9.17) is 4.74 Å². The number of hydrogen-bond donors (Lipinski definition) is 3. The zero-order valence-corrected chi connectivity index (χ0v) is 7.92. The van der Waals surface area contributed by atoms with Crippen LogP contribution in [-0.4, -0.2) is 71.9 Å². The third-order valence-electron chi connectivity index (χ3n) is 2.42. The van der Waals surface area contributed by atoms with E-state index in [1.807, 2.05) is 4.90 Å². The van der Waals surface area contributed by atoms with Crippen molar-refractivity contribution >= 4 is 0 Å². The predicted molar refractivity (Wildman–Crippen MR) is 46.3 cm³/mol. The molecule has 0 aliphatic carbocycles. The Hall–Kier alpha value is -0.200. The normalized spacial score (nSPS) is 43.2. The summed E-state index contributed by atoms with van der Waals surface area (Å²) in [5.74, 6) is 0. The molecule has 1 rings (SSSR count). The van der Waals surface area contributed by atoms with E-state index in [-0.39, 0.29) is 0 Å². The molecule has 0 aromatic rings. The molecule has 0 bridgehead atoms. The van der Waals surface area contributed by atoms with E-state index in [0.29, 0.717) is 13.1 Å². The molecule has 1 heterocycles. The van der Waals surface area contributed by atoms with Gasteiger partial charge in [-0.05, 0) is 7.05 Å². The summed E-state index contributed by atoms with van der Waals surface area (Å²) in [6.45, 7) is 0.851. The van der Waals surface area contributed by atoms with Gasteiger partial charge in [-0.2, -0.15) is 0 Å². The molecule has 1 aliphatic heterocycles. The third-order valence-corrected chi connectivity index (χ3v) is 2.42. The van der Waals surface area contributed by atoms with Gasteiger partial charge in [0.2, 0.25) is 0 Å². The zero-order chi connectivity index (χ0) is 10.0. The van der Waals surface area contributed by atoms with Crippen LogP contribution in [-0.2, 0) is 4.74 Å². The van der Waals surface area contributed by atoms with E-state index in [9.17, 15) is 15.3 Å². The Balaban J connectivity index is 2.69. The Labute approximate surface area is 77.5 Å². The molecule has 4 atom stereocenters.